The van der Waals surface area contributed by atoms with Gasteiger partial charge < -0.3 is 40.4 Å². The second-order valence-corrected chi connectivity index (χ2v) is 11.1. The number of amides is 2. The number of imidazole rings is 1. The average molecular weight is 667 g/mol. The SMILES string of the molecule is COc1ccc(NC(=S)N(Cc2ccc(C(=O)NCC(NC(=O)OCc3ccccc3)C(=O)O)cc2)Cc2nc3ccccc3[nH]2)cc1. The number of anilines is 1. The predicted octanol–water partition coefficient (Wildman–Crippen LogP) is 5.08. The number of methoxy groups -OCH3 is 1. The van der Waals surface area contributed by atoms with Gasteiger partial charge in [-0.1, -0.05) is 54.6 Å². The summed E-state index contributed by atoms with van der Waals surface area (Å²) in [6.45, 7) is 0.427. The number of aromatic amines is 1. The summed E-state index contributed by atoms with van der Waals surface area (Å²) >= 11 is 5.81. The van der Waals surface area contributed by atoms with E-state index in [2.05, 4.69) is 20.9 Å². The van der Waals surface area contributed by atoms with Crippen LogP contribution in [0.3, 0.4) is 0 Å². The van der Waals surface area contributed by atoms with Crippen molar-refractivity contribution in [3.05, 3.63) is 126 Å². The van der Waals surface area contributed by atoms with Gasteiger partial charge in [0.15, 0.2) is 5.11 Å². The highest BCUT2D eigenvalue weighted by Crippen LogP contribution is 2.19. The third kappa shape index (κ3) is 9.30. The van der Waals surface area contributed by atoms with E-state index in [1.54, 1.807) is 55.6 Å². The van der Waals surface area contributed by atoms with Gasteiger partial charge in [-0.25, -0.2) is 14.6 Å². The van der Waals surface area contributed by atoms with Crippen LogP contribution in [-0.4, -0.2) is 62.8 Å². The predicted molar refractivity (Wildman–Crippen MR) is 185 cm³/mol. The van der Waals surface area contributed by atoms with Crippen molar-refractivity contribution in [3.63, 3.8) is 0 Å². The highest BCUT2D eigenvalue weighted by Gasteiger charge is 2.22. The summed E-state index contributed by atoms with van der Waals surface area (Å²) in [5.41, 5.74) is 4.50. The van der Waals surface area contributed by atoms with Crippen molar-refractivity contribution in [2.24, 2.45) is 0 Å². The maximum Gasteiger partial charge on any atom is 0.408 e. The van der Waals surface area contributed by atoms with Crippen LogP contribution in [0.2, 0.25) is 0 Å². The number of fused-ring (bicyclic) bond motifs is 1. The number of carbonyl (C=O) groups excluding carboxylic acids is 2. The summed E-state index contributed by atoms with van der Waals surface area (Å²) in [4.78, 5) is 46.8. The first kappa shape index (κ1) is 33.4. The van der Waals surface area contributed by atoms with Crippen LogP contribution in [0.15, 0.2) is 103 Å². The zero-order chi connectivity index (χ0) is 33.9. The molecule has 0 aliphatic carbocycles. The Morgan fingerprint density at radius 1 is 0.896 bits per heavy atom. The molecule has 5 rings (SSSR count). The Morgan fingerprint density at radius 2 is 1.60 bits per heavy atom. The monoisotopic (exact) mass is 666 g/mol. The lowest BCUT2D eigenvalue weighted by molar-refractivity contribution is -0.139. The van der Waals surface area contributed by atoms with Gasteiger partial charge in [0.1, 0.15) is 24.2 Å². The Bertz CT molecular complexity index is 1830. The van der Waals surface area contributed by atoms with E-state index in [1.807, 2.05) is 59.5 Å². The number of hydrogen-bond donors (Lipinski definition) is 5. The summed E-state index contributed by atoms with van der Waals surface area (Å²) in [5.74, 6) is -0.350. The number of aromatic nitrogens is 2. The number of carbonyl (C=O) groups is 3. The standard InChI is InChI=1S/C35H34N6O6S/c1-46-27-17-15-26(16-18-27)37-34(48)41(21-31-38-28-9-5-6-10-29(28)39-31)20-23-11-13-25(14-12-23)32(42)36-19-30(33(43)44)40-35(45)47-22-24-7-3-2-4-8-24/h2-18,30H,19-22H2,1H3,(H,36,42)(H,37,48)(H,38,39)(H,40,45)(H,43,44). The van der Waals surface area contributed by atoms with E-state index in [4.69, 9.17) is 26.7 Å². The molecule has 0 bridgehead atoms. The van der Waals surface area contributed by atoms with E-state index >= 15 is 0 Å². The van der Waals surface area contributed by atoms with Crippen LogP contribution < -0.4 is 20.7 Å². The molecule has 1 aromatic heterocycles. The van der Waals surface area contributed by atoms with Crippen LogP contribution in [0.4, 0.5) is 10.5 Å². The molecule has 1 unspecified atom stereocenters. The van der Waals surface area contributed by atoms with Gasteiger partial charge in [-0.15, -0.1) is 0 Å². The summed E-state index contributed by atoms with van der Waals surface area (Å²) in [6, 6.07) is 29.6. The number of benzene rings is 4. The molecule has 2 amide bonds. The largest absolute Gasteiger partial charge is 0.497 e. The van der Waals surface area contributed by atoms with E-state index in [0.717, 1.165) is 39.4 Å². The molecule has 0 radical (unpaired) electrons. The molecule has 13 heteroatoms. The zero-order valence-corrected chi connectivity index (χ0v) is 26.8. The van der Waals surface area contributed by atoms with Gasteiger partial charge in [0, 0.05) is 24.3 Å². The van der Waals surface area contributed by atoms with Crippen molar-refractivity contribution < 1.29 is 29.0 Å². The van der Waals surface area contributed by atoms with E-state index in [9.17, 15) is 19.5 Å². The van der Waals surface area contributed by atoms with Crippen LogP contribution >= 0.6 is 12.2 Å². The molecule has 0 saturated heterocycles. The number of aliphatic carboxylic acids is 1. The molecule has 1 atom stereocenters. The lowest BCUT2D eigenvalue weighted by atomic mass is 10.1. The normalized spacial score (nSPS) is 11.3. The molecular weight excluding hydrogens is 632 g/mol. The van der Waals surface area contributed by atoms with Gasteiger partial charge in [0.05, 0.1) is 24.7 Å². The molecule has 0 fully saturated rings. The fraction of sp³-hybridized carbons (Fsp3) is 0.171. The molecule has 1 heterocycles. The van der Waals surface area contributed by atoms with Crippen molar-refractivity contribution in [2.75, 3.05) is 19.0 Å². The maximum absolute atomic E-state index is 12.9. The van der Waals surface area contributed by atoms with Gasteiger partial charge in [0.25, 0.3) is 5.91 Å². The van der Waals surface area contributed by atoms with E-state index in [1.165, 1.54) is 0 Å². The topological polar surface area (TPSA) is 158 Å². The molecule has 12 nitrogen and oxygen atoms in total. The van der Waals surface area contributed by atoms with Crippen LogP contribution in [0.5, 0.6) is 5.75 Å². The first-order valence-corrected chi connectivity index (χ1v) is 15.4. The molecule has 4 aromatic carbocycles. The molecule has 0 aliphatic heterocycles. The number of nitrogens with one attached hydrogen (secondary N) is 4. The fourth-order valence-corrected chi connectivity index (χ4v) is 4.97. The minimum atomic E-state index is -1.39. The van der Waals surface area contributed by atoms with Crippen molar-refractivity contribution in [3.8, 4) is 5.75 Å². The van der Waals surface area contributed by atoms with E-state index in [-0.39, 0.29) is 13.2 Å². The number of rotatable bonds is 13. The van der Waals surface area contributed by atoms with Crippen LogP contribution in [0.25, 0.3) is 11.0 Å². The lowest BCUT2D eigenvalue weighted by Crippen LogP contribution is -2.48. The third-order valence-electron chi connectivity index (χ3n) is 7.27. The number of hydrogen-bond acceptors (Lipinski definition) is 7. The maximum atomic E-state index is 12.9. The number of H-pyrrole nitrogens is 1. The fourth-order valence-electron chi connectivity index (χ4n) is 4.72. The van der Waals surface area contributed by atoms with Crippen molar-refractivity contribution >= 4 is 52.0 Å². The molecule has 5 aromatic rings. The smallest absolute Gasteiger partial charge is 0.408 e. The van der Waals surface area contributed by atoms with Gasteiger partial charge >= 0.3 is 12.1 Å². The molecule has 0 aliphatic rings. The zero-order valence-electron chi connectivity index (χ0n) is 26.0. The van der Waals surface area contributed by atoms with E-state index < -0.39 is 24.0 Å². The van der Waals surface area contributed by atoms with Crippen molar-refractivity contribution in [1.82, 2.24) is 25.5 Å². The molecule has 5 N–H and O–H groups in total. The second-order valence-electron chi connectivity index (χ2n) is 10.7. The van der Waals surface area contributed by atoms with E-state index in [0.29, 0.717) is 23.8 Å². The second kappa shape index (κ2) is 16.1. The molecule has 246 valence electrons. The molecular formula is C35H34N6O6S. The number of carboxylic acids is 1. The number of para-hydroxylation sites is 2. The van der Waals surface area contributed by atoms with Gasteiger partial charge in [-0.2, -0.15) is 0 Å². The van der Waals surface area contributed by atoms with Crippen LogP contribution in [0.1, 0.15) is 27.3 Å². The van der Waals surface area contributed by atoms with Crippen molar-refractivity contribution in [1.29, 1.82) is 0 Å². The van der Waals surface area contributed by atoms with Gasteiger partial charge in [-0.3, -0.25) is 4.79 Å². The number of nitrogens with zero attached hydrogens (tertiary/aromatic N) is 2. The molecule has 0 spiro atoms. The Hall–Kier alpha value is -5.95. The summed E-state index contributed by atoms with van der Waals surface area (Å²) in [6.07, 6.45) is -0.906. The first-order chi connectivity index (χ1) is 23.3. The minimum Gasteiger partial charge on any atom is -0.497 e. The lowest BCUT2D eigenvalue weighted by Gasteiger charge is -2.25. The first-order valence-electron chi connectivity index (χ1n) is 15.0. The quantitative estimate of drug-likeness (QED) is 0.107. The number of thiocarbonyl (C=S) groups is 1. The Morgan fingerprint density at radius 3 is 2.29 bits per heavy atom. The number of ether oxygens (including phenoxy) is 2. The highest BCUT2D eigenvalue weighted by molar-refractivity contribution is 7.80. The highest BCUT2D eigenvalue weighted by atomic mass is 32.1. The Balaban J connectivity index is 1.20. The molecule has 48 heavy (non-hydrogen) atoms. The number of alkyl carbamates (subject to hydrolysis) is 1. The number of carboxylic acid groups (broad SMARTS) is 1. The summed E-state index contributed by atoms with van der Waals surface area (Å²) in [7, 11) is 1.61. The summed E-state index contributed by atoms with van der Waals surface area (Å²) < 4.78 is 10.4. The average Bonchev–Trinajstić information content (AvgIpc) is 3.52. The van der Waals surface area contributed by atoms with Crippen molar-refractivity contribution in [2.45, 2.75) is 25.7 Å². The Kier molecular flexibility index (Phi) is 11.2. The summed E-state index contributed by atoms with van der Waals surface area (Å²) in [5, 5.41) is 18.1. The Labute approximate surface area is 282 Å². The minimum absolute atomic E-state index is 0.0182. The third-order valence-corrected chi connectivity index (χ3v) is 7.63. The van der Waals surface area contributed by atoms with Gasteiger partial charge in [-0.05, 0) is 71.9 Å². The molecule has 0 saturated carbocycles. The van der Waals surface area contributed by atoms with Crippen LogP contribution in [0, 0.1) is 0 Å². The van der Waals surface area contributed by atoms with Gasteiger partial charge in [0.2, 0.25) is 0 Å². The van der Waals surface area contributed by atoms with Crippen LogP contribution in [-0.2, 0) is 29.2 Å².